The zero-order chi connectivity index (χ0) is 23.3. The molecule has 3 aromatic carbocycles. The first-order chi connectivity index (χ1) is 15.8. The summed E-state index contributed by atoms with van der Waals surface area (Å²) in [7, 11) is 0.252. The lowest BCUT2D eigenvalue weighted by Gasteiger charge is -2.21. The van der Waals surface area contributed by atoms with E-state index >= 15 is 0 Å². The predicted molar refractivity (Wildman–Crippen MR) is 138 cm³/mol. The van der Waals surface area contributed by atoms with Gasteiger partial charge in [0.2, 0.25) is 5.69 Å². The molecule has 0 unspecified atom stereocenters. The van der Waals surface area contributed by atoms with Crippen LogP contribution >= 0.6 is 0 Å². The van der Waals surface area contributed by atoms with Gasteiger partial charge in [-0.1, -0.05) is 62.1 Å². The van der Waals surface area contributed by atoms with Crippen molar-refractivity contribution in [2.75, 3.05) is 0 Å². The van der Waals surface area contributed by atoms with E-state index < -0.39 is 8.07 Å². The van der Waals surface area contributed by atoms with E-state index in [1.165, 1.54) is 5.19 Å². The SMILES string of the molecule is Cc1ccc2c(oc3c(-c4ccccc4)c(C#N)c([Si](C)(C)C)cc32)c1-c1cccc[n+]1C. The molecule has 0 radical (unpaired) electrons. The summed E-state index contributed by atoms with van der Waals surface area (Å²) in [4.78, 5) is 0. The standard InChI is InChI=1S/C29H27N2OSi/c1-19-14-15-21-22-17-25(33(3,4)5)23(18-30)27(20-11-7-6-8-12-20)29(22)32-28(21)26(19)24-13-9-10-16-31(24)2/h6-17H,1-5H3/q+1. The highest BCUT2D eigenvalue weighted by Crippen LogP contribution is 2.41. The Morgan fingerprint density at radius 2 is 1.55 bits per heavy atom. The van der Waals surface area contributed by atoms with E-state index in [1.807, 2.05) is 24.3 Å². The van der Waals surface area contributed by atoms with Crippen LogP contribution in [0.1, 0.15) is 11.1 Å². The van der Waals surface area contributed by atoms with Gasteiger partial charge in [0.15, 0.2) is 6.20 Å². The van der Waals surface area contributed by atoms with Crippen LogP contribution in [0.5, 0.6) is 0 Å². The van der Waals surface area contributed by atoms with Crippen molar-refractivity contribution in [1.29, 1.82) is 5.26 Å². The Balaban J connectivity index is 2.00. The number of aromatic nitrogens is 1. The maximum Gasteiger partial charge on any atom is 0.216 e. The van der Waals surface area contributed by atoms with Gasteiger partial charge in [0.25, 0.3) is 0 Å². The third-order valence-corrected chi connectivity index (χ3v) is 8.44. The second kappa shape index (κ2) is 7.72. The van der Waals surface area contributed by atoms with Crippen LogP contribution in [0.3, 0.4) is 0 Å². The van der Waals surface area contributed by atoms with Crippen molar-refractivity contribution >= 4 is 35.2 Å². The first kappa shape index (κ1) is 21.2. The highest BCUT2D eigenvalue weighted by molar-refractivity contribution is 6.89. The van der Waals surface area contributed by atoms with Crippen LogP contribution in [0.4, 0.5) is 0 Å². The molecule has 0 saturated heterocycles. The van der Waals surface area contributed by atoms with Crippen LogP contribution in [0.25, 0.3) is 44.3 Å². The number of hydrogen-bond donors (Lipinski definition) is 0. The molecule has 162 valence electrons. The minimum Gasteiger partial charge on any atom is -0.454 e. The minimum absolute atomic E-state index is 0.746. The van der Waals surface area contributed by atoms with Crippen molar-refractivity contribution < 1.29 is 8.98 Å². The summed E-state index contributed by atoms with van der Waals surface area (Å²) in [5, 5.41) is 13.6. The molecule has 0 saturated carbocycles. The normalized spacial score (nSPS) is 11.8. The number of pyridine rings is 1. The van der Waals surface area contributed by atoms with Gasteiger partial charge in [-0.05, 0) is 35.4 Å². The van der Waals surface area contributed by atoms with Crippen LogP contribution in [-0.2, 0) is 7.05 Å². The molecular formula is C29H27N2OSi+. The third-order valence-electron chi connectivity index (χ3n) is 6.43. The van der Waals surface area contributed by atoms with Gasteiger partial charge in [-0.3, -0.25) is 0 Å². The topological polar surface area (TPSA) is 40.8 Å². The van der Waals surface area contributed by atoms with E-state index in [-0.39, 0.29) is 0 Å². The molecule has 3 nitrogen and oxygen atoms in total. The number of benzene rings is 3. The van der Waals surface area contributed by atoms with Gasteiger partial charge in [0.1, 0.15) is 18.2 Å². The summed E-state index contributed by atoms with van der Waals surface area (Å²) in [6.07, 6.45) is 2.06. The molecule has 0 aliphatic carbocycles. The van der Waals surface area contributed by atoms with Crippen molar-refractivity contribution in [2.45, 2.75) is 26.6 Å². The first-order valence-electron chi connectivity index (χ1n) is 11.2. The fourth-order valence-electron chi connectivity index (χ4n) is 4.76. The number of furan rings is 1. The van der Waals surface area contributed by atoms with Gasteiger partial charge in [-0.25, -0.2) is 4.57 Å². The number of rotatable bonds is 3. The van der Waals surface area contributed by atoms with E-state index in [0.717, 1.165) is 55.4 Å². The molecule has 33 heavy (non-hydrogen) atoms. The number of fused-ring (bicyclic) bond motifs is 3. The molecule has 0 amide bonds. The molecule has 2 aromatic heterocycles. The van der Waals surface area contributed by atoms with E-state index in [1.54, 1.807) is 0 Å². The van der Waals surface area contributed by atoms with Crippen LogP contribution in [0, 0.1) is 18.3 Å². The Bertz CT molecular complexity index is 1570. The lowest BCUT2D eigenvalue weighted by atomic mass is 9.96. The van der Waals surface area contributed by atoms with Gasteiger partial charge in [-0.2, -0.15) is 5.26 Å². The van der Waals surface area contributed by atoms with E-state index in [0.29, 0.717) is 0 Å². The molecule has 0 atom stereocenters. The fourth-order valence-corrected chi connectivity index (χ4v) is 6.27. The zero-order valence-electron chi connectivity index (χ0n) is 19.7. The van der Waals surface area contributed by atoms with Crippen LogP contribution < -0.4 is 9.75 Å². The Morgan fingerprint density at radius 1 is 0.848 bits per heavy atom. The molecular weight excluding hydrogens is 420 g/mol. The smallest absolute Gasteiger partial charge is 0.216 e. The Kier molecular flexibility index (Phi) is 4.95. The van der Waals surface area contributed by atoms with Gasteiger partial charge in [0.05, 0.1) is 25.3 Å². The quantitative estimate of drug-likeness (QED) is 0.235. The summed E-state index contributed by atoms with van der Waals surface area (Å²) in [5.41, 5.74) is 7.70. The number of nitrogens with zero attached hydrogens (tertiary/aromatic N) is 2. The molecule has 4 heteroatoms. The molecule has 5 rings (SSSR count). The zero-order valence-corrected chi connectivity index (χ0v) is 20.7. The first-order valence-corrected chi connectivity index (χ1v) is 14.7. The van der Waals surface area contributed by atoms with Crippen molar-refractivity contribution in [3.8, 4) is 28.5 Å². The maximum atomic E-state index is 10.3. The highest BCUT2D eigenvalue weighted by atomic mass is 28.3. The maximum absolute atomic E-state index is 10.3. The molecule has 0 bridgehead atoms. The molecule has 5 aromatic rings. The van der Waals surface area contributed by atoms with Crippen molar-refractivity contribution in [3.05, 3.63) is 84.1 Å². The minimum atomic E-state index is -1.81. The summed E-state index contributed by atoms with van der Waals surface area (Å²) >= 11 is 0. The second-order valence-corrected chi connectivity index (χ2v) is 14.8. The number of aryl methyl sites for hydroxylation is 2. The lowest BCUT2D eigenvalue weighted by molar-refractivity contribution is -0.660. The summed E-state index contributed by atoms with van der Waals surface area (Å²) in [5.74, 6) is 0. The Hall–Kier alpha value is -3.68. The van der Waals surface area contributed by atoms with Crippen LogP contribution in [-0.4, -0.2) is 8.07 Å². The van der Waals surface area contributed by atoms with Gasteiger partial charge >= 0.3 is 0 Å². The van der Waals surface area contributed by atoms with E-state index in [2.05, 4.69) is 92.9 Å². The van der Waals surface area contributed by atoms with Crippen molar-refractivity contribution in [3.63, 3.8) is 0 Å². The molecule has 2 heterocycles. The van der Waals surface area contributed by atoms with Crippen molar-refractivity contribution in [1.82, 2.24) is 0 Å². The number of nitriles is 1. The average molecular weight is 448 g/mol. The Morgan fingerprint density at radius 3 is 2.21 bits per heavy atom. The summed E-state index contributed by atoms with van der Waals surface area (Å²) < 4.78 is 8.85. The predicted octanol–water partition coefficient (Wildman–Crippen LogP) is 6.47. The molecule has 0 aliphatic rings. The Labute approximate surface area is 195 Å². The van der Waals surface area contributed by atoms with E-state index in [4.69, 9.17) is 4.42 Å². The highest BCUT2D eigenvalue weighted by Gasteiger charge is 2.28. The third kappa shape index (κ3) is 3.37. The second-order valence-electron chi connectivity index (χ2n) is 9.71. The van der Waals surface area contributed by atoms with Gasteiger partial charge in [-0.15, -0.1) is 0 Å². The number of hydrogen-bond acceptors (Lipinski definition) is 2. The van der Waals surface area contributed by atoms with Crippen LogP contribution in [0.2, 0.25) is 19.6 Å². The fraction of sp³-hybridized carbons (Fsp3) is 0.172. The molecule has 0 fully saturated rings. The summed E-state index contributed by atoms with van der Waals surface area (Å²) in [6, 6.07) is 25.5. The largest absolute Gasteiger partial charge is 0.454 e. The lowest BCUT2D eigenvalue weighted by Crippen LogP contribution is -2.40. The molecule has 0 aliphatic heterocycles. The van der Waals surface area contributed by atoms with E-state index in [9.17, 15) is 5.26 Å². The van der Waals surface area contributed by atoms with Crippen LogP contribution in [0.15, 0.2) is 77.3 Å². The molecule has 0 N–H and O–H groups in total. The monoisotopic (exact) mass is 447 g/mol. The summed E-state index contributed by atoms with van der Waals surface area (Å²) in [6.45, 7) is 9.02. The van der Waals surface area contributed by atoms with Gasteiger partial charge < -0.3 is 4.42 Å². The van der Waals surface area contributed by atoms with Crippen molar-refractivity contribution in [2.24, 2.45) is 7.05 Å². The average Bonchev–Trinajstić information content (AvgIpc) is 3.16. The van der Waals surface area contributed by atoms with Gasteiger partial charge in [0, 0.05) is 28.5 Å². The molecule has 0 spiro atoms.